The van der Waals surface area contributed by atoms with Crippen molar-refractivity contribution in [2.45, 2.75) is 32.8 Å². The summed E-state index contributed by atoms with van der Waals surface area (Å²) in [6.07, 6.45) is -1.35. The maximum Gasteiger partial charge on any atom is 0.321 e. The van der Waals surface area contributed by atoms with Crippen LogP contribution >= 0.6 is 11.6 Å². The minimum absolute atomic E-state index is 0.0505. The molecule has 0 aliphatic heterocycles. The summed E-state index contributed by atoms with van der Waals surface area (Å²) in [4.78, 5) is 46.4. The lowest BCUT2D eigenvalue weighted by Crippen LogP contribution is -2.44. The van der Waals surface area contributed by atoms with E-state index in [1.807, 2.05) is 5.32 Å². The molecule has 0 bridgehead atoms. The molecule has 3 amide bonds. The third kappa shape index (κ3) is 6.78. The number of carbonyl (C=O) groups excluding carboxylic acids is 4. The zero-order chi connectivity index (χ0) is 18.1. The Kier molecular flexibility index (Phi) is 7.91. The van der Waals surface area contributed by atoms with Gasteiger partial charge in [0.2, 0.25) is 0 Å². The zero-order valence-corrected chi connectivity index (χ0v) is 14.2. The molecule has 0 radical (unpaired) electrons. The largest absolute Gasteiger partial charge is 0.453 e. The van der Waals surface area contributed by atoms with Crippen molar-refractivity contribution in [3.05, 3.63) is 34.9 Å². The fraction of sp³-hybridized carbons (Fsp3) is 0.375. The highest BCUT2D eigenvalue weighted by Gasteiger charge is 2.20. The van der Waals surface area contributed by atoms with E-state index in [0.717, 1.165) is 0 Å². The molecule has 1 atom stereocenters. The van der Waals surface area contributed by atoms with Gasteiger partial charge >= 0.3 is 12.0 Å². The van der Waals surface area contributed by atoms with Gasteiger partial charge in [-0.25, -0.2) is 4.79 Å². The number of hydrogen-bond acceptors (Lipinski definition) is 5. The van der Waals surface area contributed by atoms with Gasteiger partial charge in [0.1, 0.15) is 0 Å². The number of carbonyl (C=O) groups is 4. The maximum absolute atomic E-state index is 11.9. The number of Topliss-reactive ketones (excluding diaryl/α,β-unsaturated/α-hetero) is 1. The summed E-state index contributed by atoms with van der Waals surface area (Å²) >= 11 is 5.73. The Hall–Kier alpha value is -2.41. The molecule has 1 rings (SSSR count). The Morgan fingerprint density at radius 1 is 1.12 bits per heavy atom. The number of nitrogens with one attached hydrogen (secondary N) is 2. The monoisotopic (exact) mass is 354 g/mol. The van der Waals surface area contributed by atoms with Gasteiger partial charge in [-0.1, -0.05) is 11.6 Å². The van der Waals surface area contributed by atoms with Crippen molar-refractivity contribution in [2.24, 2.45) is 0 Å². The summed E-state index contributed by atoms with van der Waals surface area (Å²) in [5.74, 6) is -1.67. The Labute approximate surface area is 144 Å². The number of urea groups is 1. The van der Waals surface area contributed by atoms with Gasteiger partial charge in [0.15, 0.2) is 11.9 Å². The molecule has 2 N–H and O–H groups in total. The first kappa shape index (κ1) is 19.6. The smallest absolute Gasteiger partial charge is 0.321 e. The molecule has 24 heavy (non-hydrogen) atoms. The number of hydrogen-bond donors (Lipinski definition) is 2. The quantitative estimate of drug-likeness (QED) is 0.576. The van der Waals surface area contributed by atoms with Crippen LogP contribution in [0.1, 0.15) is 37.0 Å². The van der Waals surface area contributed by atoms with E-state index in [1.165, 1.54) is 6.92 Å². The lowest BCUT2D eigenvalue weighted by molar-refractivity contribution is -0.154. The lowest BCUT2D eigenvalue weighted by Gasteiger charge is -2.12. The number of benzene rings is 1. The third-order valence-electron chi connectivity index (χ3n) is 2.97. The van der Waals surface area contributed by atoms with E-state index in [2.05, 4.69) is 5.32 Å². The molecule has 0 aromatic heterocycles. The zero-order valence-electron chi connectivity index (χ0n) is 13.4. The van der Waals surface area contributed by atoms with Crippen molar-refractivity contribution in [3.63, 3.8) is 0 Å². The molecule has 0 aliphatic rings. The first-order chi connectivity index (χ1) is 11.3. The van der Waals surface area contributed by atoms with Crippen LogP contribution in [0.2, 0.25) is 5.02 Å². The van der Waals surface area contributed by atoms with Gasteiger partial charge in [0.25, 0.3) is 5.91 Å². The second-order valence-electron chi connectivity index (χ2n) is 4.91. The van der Waals surface area contributed by atoms with Crippen molar-refractivity contribution < 1.29 is 23.9 Å². The van der Waals surface area contributed by atoms with Gasteiger partial charge < -0.3 is 10.1 Å². The first-order valence-electron chi connectivity index (χ1n) is 7.40. The molecule has 0 spiro atoms. The molecule has 0 fully saturated rings. The SMILES string of the molecule is CCNC(=O)NC(=O)[C@H](C)OC(=O)CCC(=O)c1ccc(Cl)cc1. The highest BCUT2D eigenvalue weighted by Crippen LogP contribution is 2.12. The number of rotatable bonds is 7. The molecule has 0 heterocycles. The van der Waals surface area contributed by atoms with Crippen LogP contribution in [0.4, 0.5) is 4.79 Å². The molecular weight excluding hydrogens is 336 g/mol. The van der Waals surface area contributed by atoms with Crippen molar-refractivity contribution in [1.82, 2.24) is 10.6 Å². The maximum atomic E-state index is 11.9. The molecule has 0 saturated heterocycles. The second-order valence-corrected chi connectivity index (χ2v) is 5.35. The lowest BCUT2D eigenvalue weighted by atomic mass is 10.1. The van der Waals surface area contributed by atoms with E-state index in [-0.39, 0.29) is 18.6 Å². The molecule has 7 nitrogen and oxygen atoms in total. The third-order valence-corrected chi connectivity index (χ3v) is 3.23. The van der Waals surface area contributed by atoms with Gasteiger partial charge in [0.05, 0.1) is 6.42 Å². The minimum Gasteiger partial charge on any atom is -0.453 e. The predicted molar refractivity (Wildman–Crippen MR) is 87.8 cm³/mol. The van der Waals surface area contributed by atoms with Gasteiger partial charge in [-0.05, 0) is 38.1 Å². The summed E-state index contributed by atoms with van der Waals surface area (Å²) in [5.41, 5.74) is 0.439. The average Bonchev–Trinajstić information content (AvgIpc) is 2.53. The van der Waals surface area contributed by atoms with Crippen molar-refractivity contribution in [1.29, 1.82) is 0 Å². The van der Waals surface area contributed by atoms with E-state index in [0.29, 0.717) is 17.1 Å². The first-order valence-corrected chi connectivity index (χ1v) is 7.78. The van der Waals surface area contributed by atoms with Crippen LogP contribution in [0, 0.1) is 0 Å². The predicted octanol–water partition coefficient (Wildman–Crippen LogP) is 2.08. The summed E-state index contributed by atoms with van der Waals surface area (Å²) < 4.78 is 4.89. The number of halogens is 1. The van der Waals surface area contributed by atoms with Crippen LogP contribution in [0.25, 0.3) is 0 Å². The van der Waals surface area contributed by atoms with Gasteiger partial charge in [0, 0.05) is 23.6 Å². The minimum atomic E-state index is -1.13. The van der Waals surface area contributed by atoms with Crippen LogP contribution in [0.15, 0.2) is 24.3 Å². The van der Waals surface area contributed by atoms with E-state index < -0.39 is 24.0 Å². The van der Waals surface area contributed by atoms with Crippen LogP contribution in [0.5, 0.6) is 0 Å². The van der Waals surface area contributed by atoms with Gasteiger partial charge in [-0.2, -0.15) is 0 Å². The van der Waals surface area contributed by atoms with Crippen LogP contribution in [-0.4, -0.2) is 36.3 Å². The molecule has 0 aliphatic carbocycles. The van der Waals surface area contributed by atoms with Crippen molar-refractivity contribution in [3.8, 4) is 0 Å². The highest BCUT2D eigenvalue weighted by molar-refractivity contribution is 6.30. The summed E-state index contributed by atoms with van der Waals surface area (Å²) in [6, 6.07) is 5.64. The van der Waals surface area contributed by atoms with Crippen molar-refractivity contribution >= 4 is 35.3 Å². The number of amides is 3. The summed E-state index contributed by atoms with van der Waals surface area (Å²) in [5, 5.41) is 4.93. The number of imide groups is 1. The second kappa shape index (κ2) is 9.67. The van der Waals surface area contributed by atoms with Gasteiger partial charge in [-0.3, -0.25) is 19.7 Å². The molecule has 130 valence electrons. The Morgan fingerprint density at radius 2 is 1.75 bits per heavy atom. The number of ether oxygens (including phenoxy) is 1. The van der Waals surface area contributed by atoms with Crippen LogP contribution < -0.4 is 10.6 Å². The normalized spacial score (nSPS) is 11.3. The summed E-state index contributed by atoms with van der Waals surface area (Å²) in [7, 11) is 0. The van der Waals surface area contributed by atoms with Crippen LogP contribution in [-0.2, 0) is 14.3 Å². The summed E-state index contributed by atoms with van der Waals surface area (Å²) in [6.45, 7) is 3.40. The van der Waals surface area contributed by atoms with E-state index in [9.17, 15) is 19.2 Å². The van der Waals surface area contributed by atoms with E-state index >= 15 is 0 Å². The molecule has 8 heteroatoms. The number of ketones is 1. The Morgan fingerprint density at radius 3 is 2.33 bits per heavy atom. The molecule has 0 saturated carbocycles. The van der Waals surface area contributed by atoms with Crippen LogP contribution in [0.3, 0.4) is 0 Å². The standard InChI is InChI=1S/C16H19ClN2O5/c1-3-18-16(23)19-15(22)10(2)24-14(21)9-8-13(20)11-4-6-12(17)7-5-11/h4-7,10H,3,8-9H2,1-2H3,(H2,18,19,22,23)/t10-/m0/s1. The van der Waals surface area contributed by atoms with E-state index in [4.69, 9.17) is 16.3 Å². The number of esters is 1. The average molecular weight is 355 g/mol. The van der Waals surface area contributed by atoms with Gasteiger partial charge in [-0.15, -0.1) is 0 Å². The topological polar surface area (TPSA) is 102 Å². The fourth-order valence-corrected chi connectivity index (χ4v) is 1.85. The fourth-order valence-electron chi connectivity index (χ4n) is 1.72. The Balaban J connectivity index is 2.39. The molecular formula is C16H19ClN2O5. The Bertz CT molecular complexity index is 615. The molecule has 0 unspecified atom stereocenters. The highest BCUT2D eigenvalue weighted by atomic mass is 35.5. The van der Waals surface area contributed by atoms with E-state index in [1.54, 1.807) is 31.2 Å². The molecule has 1 aromatic carbocycles. The van der Waals surface area contributed by atoms with Crippen molar-refractivity contribution in [2.75, 3.05) is 6.54 Å². The molecule has 1 aromatic rings.